The van der Waals surface area contributed by atoms with Gasteiger partial charge in [0.2, 0.25) is 0 Å². The molecule has 1 amide bonds. The molecule has 0 radical (unpaired) electrons. The lowest BCUT2D eigenvalue weighted by Crippen LogP contribution is -2.39. The molecular formula is C10H15F3N2O. The van der Waals surface area contributed by atoms with Crippen molar-refractivity contribution in [2.24, 2.45) is 16.4 Å². The Labute approximate surface area is 92.3 Å². The highest BCUT2D eigenvalue weighted by atomic mass is 19.4. The van der Waals surface area contributed by atoms with Crippen LogP contribution in [0.4, 0.5) is 13.2 Å². The third-order valence-electron chi connectivity index (χ3n) is 2.51. The van der Waals surface area contributed by atoms with E-state index in [1.807, 2.05) is 13.8 Å². The Hall–Kier alpha value is -1.07. The van der Waals surface area contributed by atoms with Crippen LogP contribution in [0.5, 0.6) is 0 Å². The van der Waals surface area contributed by atoms with E-state index in [1.54, 1.807) is 13.8 Å². The highest BCUT2D eigenvalue weighted by Gasteiger charge is 2.47. The molecule has 1 aliphatic rings. The third-order valence-corrected chi connectivity index (χ3v) is 2.51. The van der Waals surface area contributed by atoms with Gasteiger partial charge in [0.25, 0.3) is 5.91 Å². The van der Waals surface area contributed by atoms with E-state index in [0.29, 0.717) is 10.7 Å². The van der Waals surface area contributed by atoms with E-state index in [0.717, 1.165) is 0 Å². The number of carbonyl (C=O) groups is 1. The smallest absolute Gasteiger partial charge is 0.272 e. The quantitative estimate of drug-likeness (QED) is 0.724. The first-order valence-electron chi connectivity index (χ1n) is 5.03. The highest BCUT2D eigenvalue weighted by molar-refractivity contribution is 6.12. The molecule has 0 saturated carbocycles. The molecule has 0 atom stereocenters. The largest absolute Gasteiger partial charge is 0.408 e. The minimum Gasteiger partial charge on any atom is -0.272 e. The minimum absolute atomic E-state index is 0.0443. The maximum atomic E-state index is 12.2. The molecule has 0 saturated heterocycles. The van der Waals surface area contributed by atoms with Gasteiger partial charge in [-0.25, -0.2) is 5.01 Å². The number of rotatable bonds is 2. The first kappa shape index (κ1) is 13.0. The molecule has 3 nitrogen and oxygen atoms in total. The molecule has 0 fully saturated rings. The molecule has 1 rings (SSSR count). The summed E-state index contributed by atoms with van der Waals surface area (Å²) in [6.07, 6.45) is -4.42. The first-order chi connectivity index (χ1) is 7.05. The monoisotopic (exact) mass is 236 g/mol. The van der Waals surface area contributed by atoms with Gasteiger partial charge < -0.3 is 0 Å². The summed E-state index contributed by atoms with van der Waals surface area (Å²) in [5.41, 5.74) is -0.430. The van der Waals surface area contributed by atoms with Crippen LogP contribution < -0.4 is 0 Å². The second-order valence-corrected chi connectivity index (χ2v) is 4.74. The molecular weight excluding hydrogens is 221 g/mol. The summed E-state index contributed by atoms with van der Waals surface area (Å²) in [6, 6.07) is 0. The van der Waals surface area contributed by atoms with Crippen molar-refractivity contribution < 1.29 is 18.0 Å². The third kappa shape index (κ3) is 2.36. The average Bonchev–Trinajstić information content (AvgIpc) is 2.26. The predicted octanol–water partition coefficient (Wildman–Crippen LogP) is 2.43. The van der Waals surface area contributed by atoms with Gasteiger partial charge in [0, 0.05) is 0 Å². The summed E-state index contributed by atoms with van der Waals surface area (Å²) in [6.45, 7) is 5.51. The standard InChI is InChI=1S/C10H15F3N2O/c1-6(2)7-9(3,4)8(16)15(14-7)5-10(11,12)13/h6H,5H2,1-4H3. The normalized spacial score (nSPS) is 20.6. The molecule has 6 heteroatoms. The molecule has 0 unspecified atom stereocenters. The molecule has 92 valence electrons. The van der Waals surface area contributed by atoms with Crippen molar-refractivity contribution in [2.75, 3.05) is 6.54 Å². The molecule has 0 aromatic heterocycles. The van der Waals surface area contributed by atoms with Gasteiger partial charge >= 0.3 is 6.18 Å². The van der Waals surface area contributed by atoms with Crippen LogP contribution in [-0.4, -0.2) is 29.3 Å². The summed E-state index contributed by atoms with van der Waals surface area (Å²) in [4.78, 5) is 11.7. The Morgan fingerprint density at radius 1 is 1.38 bits per heavy atom. The number of carbonyl (C=O) groups excluding carboxylic acids is 1. The molecule has 0 bridgehead atoms. The first-order valence-corrected chi connectivity index (χ1v) is 5.03. The molecule has 16 heavy (non-hydrogen) atoms. The van der Waals surface area contributed by atoms with E-state index < -0.39 is 24.0 Å². The topological polar surface area (TPSA) is 32.7 Å². The van der Waals surface area contributed by atoms with Crippen LogP contribution in [0.15, 0.2) is 5.10 Å². The van der Waals surface area contributed by atoms with Gasteiger partial charge in [-0.2, -0.15) is 18.3 Å². The van der Waals surface area contributed by atoms with Crippen molar-refractivity contribution in [3.8, 4) is 0 Å². The maximum Gasteiger partial charge on any atom is 0.408 e. The van der Waals surface area contributed by atoms with Crippen LogP contribution >= 0.6 is 0 Å². The van der Waals surface area contributed by atoms with Gasteiger partial charge in [-0.05, 0) is 19.8 Å². The summed E-state index contributed by atoms with van der Waals surface area (Å²) < 4.78 is 36.6. The van der Waals surface area contributed by atoms with Crippen molar-refractivity contribution >= 4 is 11.6 Å². The summed E-state index contributed by atoms with van der Waals surface area (Å²) in [5.74, 6) is -0.634. The lowest BCUT2D eigenvalue weighted by Gasteiger charge is -2.21. The zero-order valence-corrected chi connectivity index (χ0v) is 9.72. The van der Waals surface area contributed by atoms with Crippen molar-refractivity contribution in [3.63, 3.8) is 0 Å². The van der Waals surface area contributed by atoms with Crippen LogP contribution in [0.25, 0.3) is 0 Å². The zero-order valence-electron chi connectivity index (χ0n) is 9.72. The number of nitrogens with zero attached hydrogens (tertiary/aromatic N) is 2. The lowest BCUT2D eigenvalue weighted by atomic mass is 9.82. The van der Waals surface area contributed by atoms with Gasteiger partial charge in [-0.3, -0.25) is 4.79 Å². The van der Waals surface area contributed by atoms with E-state index in [4.69, 9.17) is 0 Å². The molecule has 1 heterocycles. The number of hydrogen-bond donors (Lipinski definition) is 0. The fourth-order valence-electron chi connectivity index (χ4n) is 1.85. The minimum atomic E-state index is -4.42. The number of hydrazone groups is 1. The van der Waals surface area contributed by atoms with Gasteiger partial charge in [-0.1, -0.05) is 13.8 Å². The number of alkyl halides is 3. The molecule has 0 N–H and O–H groups in total. The Morgan fingerprint density at radius 3 is 2.19 bits per heavy atom. The van der Waals surface area contributed by atoms with E-state index >= 15 is 0 Å². The molecule has 0 spiro atoms. The van der Waals surface area contributed by atoms with Crippen LogP contribution in [0.2, 0.25) is 0 Å². The molecule has 0 aromatic carbocycles. The van der Waals surface area contributed by atoms with Gasteiger partial charge in [-0.15, -0.1) is 0 Å². The Morgan fingerprint density at radius 2 is 1.88 bits per heavy atom. The van der Waals surface area contributed by atoms with Gasteiger partial charge in [0.05, 0.1) is 11.1 Å². The second kappa shape index (κ2) is 3.75. The number of amides is 1. The zero-order chi connectivity index (χ0) is 12.7. The number of halogens is 3. The van der Waals surface area contributed by atoms with Crippen molar-refractivity contribution in [1.29, 1.82) is 0 Å². The van der Waals surface area contributed by atoms with Crippen molar-refractivity contribution in [1.82, 2.24) is 5.01 Å². The maximum absolute atomic E-state index is 12.2. The summed E-state index contributed by atoms with van der Waals surface area (Å²) in [5, 5.41) is 4.31. The second-order valence-electron chi connectivity index (χ2n) is 4.74. The SMILES string of the molecule is CC(C)C1=NN(CC(F)(F)F)C(=O)C1(C)C. The molecule has 0 aromatic rings. The lowest BCUT2D eigenvalue weighted by molar-refractivity contribution is -0.162. The molecule has 0 aliphatic carbocycles. The van der Waals surface area contributed by atoms with E-state index in [-0.39, 0.29) is 5.92 Å². The number of hydrogen-bond acceptors (Lipinski definition) is 2. The fraction of sp³-hybridized carbons (Fsp3) is 0.800. The van der Waals surface area contributed by atoms with E-state index in [1.165, 1.54) is 0 Å². The van der Waals surface area contributed by atoms with Crippen LogP contribution in [0, 0.1) is 11.3 Å². The Bertz CT molecular complexity index is 331. The predicted molar refractivity (Wildman–Crippen MR) is 53.8 cm³/mol. The van der Waals surface area contributed by atoms with Crippen LogP contribution in [0.3, 0.4) is 0 Å². The highest BCUT2D eigenvalue weighted by Crippen LogP contribution is 2.33. The van der Waals surface area contributed by atoms with Crippen LogP contribution in [0.1, 0.15) is 27.7 Å². The van der Waals surface area contributed by atoms with Crippen LogP contribution in [-0.2, 0) is 4.79 Å². The van der Waals surface area contributed by atoms with Crippen molar-refractivity contribution in [2.45, 2.75) is 33.9 Å². The Kier molecular flexibility index (Phi) is 3.04. The van der Waals surface area contributed by atoms with Gasteiger partial charge in [0.1, 0.15) is 6.54 Å². The van der Waals surface area contributed by atoms with Gasteiger partial charge in [0.15, 0.2) is 0 Å². The average molecular weight is 236 g/mol. The summed E-state index contributed by atoms with van der Waals surface area (Å²) >= 11 is 0. The molecule has 1 aliphatic heterocycles. The Balaban J connectivity index is 2.96. The summed E-state index contributed by atoms with van der Waals surface area (Å²) in [7, 11) is 0. The van der Waals surface area contributed by atoms with E-state index in [9.17, 15) is 18.0 Å². The van der Waals surface area contributed by atoms with Crippen molar-refractivity contribution in [3.05, 3.63) is 0 Å². The fourth-order valence-corrected chi connectivity index (χ4v) is 1.85. The van der Waals surface area contributed by atoms with E-state index in [2.05, 4.69) is 5.10 Å².